The van der Waals surface area contributed by atoms with Crippen LogP contribution in [-0.4, -0.2) is 239 Å². The fraction of sp³-hybridized carbons (Fsp3) is 0.671. The second-order valence-electron chi connectivity index (χ2n) is 28.5. The highest BCUT2D eigenvalue weighted by Crippen LogP contribution is 2.27. The monoisotopic (exact) mass is 1340 g/mol. The number of aliphatic hydroxyl groups is 1. The number of aliphatic hydroxyl groups excluding tert-OH is 1. The summed E-state index contributed by atoms with van der Waals surface area (Å²) < 4.78 is 0. The van der Waals surface area contributed by atoms with E-state index >= 15 is 14.4 Å². The van der Waals surface area contributed by atoms with E-state index in [-0.39, 0.29) is 100 Å². The summed E-state index contributed by atoms with van der Waals surface area (Å²) in [5.41, 5.74) is 1.31. The lowest BCUT2D eigenvalue weighted by molar-refractivity contribution is -0.151. The van der Waals surface area contributed by atoms with Gasteiger partial charge in [0.15, 0.2) is 5.78 Å². The lowest BCUT2D eigenvalue weighted by Gasteiger charge is -2.38. The van der Waals surface area contributed by atoms with Crippen molar-refractivity contribution in [2.45, 2.75) is 208 Å². The molecule has 4 rings (SSSR count). The first-order valence-electron chi connectivity index (χ1n) is 34.6. The van der Waals surface area contributed by atoms with Crippen LogP contribution in [0, 0.1) is 35.5 Å². The molecule has 2 aliphatic heterocycles. The van der Waals surface area contributed by atoms with E-state index in [0.717, 1.165) is 24.2 Å². The number of carbonyl (C=O) groups is 12. The number of nitrogens with one attached hydrogen (secondary N) is 2. The highest BCUT2D eigenvalue weighted by atomic mass is 16.3. The maximum absolute atomic E-state index is 15.2. The first kappa shape index (κ1) is 80.9. The van der Waals surface area contributed by atoms with Gasteiger partial charge in [0.05, 0.1) is 24.6 Å². The van der Waals surface area contributed by atoms with Gasteiger partial charge in [-0.05, 0) is 86.7 Å². The Hall–Kier alpha value is -7.56. The zero-order valence-corrected chi connectivity index (χ0v) is 60.5. The number of Topliss-reactive ketones (excluding diaryl/α,β-unsaturated/α-hetero) is 2. The molecule has 2 fully saturated rings. The number of hydrogen-bond acceptors (Lipinski definition) is 13. The van der Waals surface area contributed by atoms with Crippen LogP contribution < -0.4 is 10.6 Å². The van der Waals surface area contributed by atoms with E-state index < -0.39 is 132 Å². The number of amides is 10. The molecule has 0 aromatic heterocycles. The third-order valence-electron chi connectivity index (χ3n) is 19.1. The predicted octanol–water partition coefficient (Wildman–Crippen LogP) is 5.43. The number of likely N-dealkylation sites (tertiary alicyclic amines) is 1. The molecule has 2 aromatic carbocycles. The molecule has 2 saturated heterocycles. The Morgan fingerprint density at radius 3 is 1.49 bits per heavy atom. The zero-order chi connectivity index (χ0) is 72.0. The first-order valence-corrected chi connectivity index (χ1v) is 34.6. The van der Waals surface area contributed by atoms with Crippen molar-refractivity contribution in [3.63, 3.8) is 0 Å². The molecule has 534 valence electrons. The van der Waals surface area contributed by atoms with Crippen LogP contribution >= 0.6 is 0 Å². The van der Waals surface area contributed by atoms with E-state index in [9.17, 15) is 48.3 Å². The summed E-state index contributed by atoms with van der Waals surface area (Å²) in [6, 6.07) is 8.92. The molecule has 11 atom stereocenters. The lowest BCUT2D eigenvalue weighted by atomic mass is 9.89. The molecule has 3 N–H and O–H groups in total. The SMILES string of the molecule is CC[C@H](C)[C@@H]1NC(=O)[C@H](CC(C)C)N(C)C(=O)[C@H](CC(C)C)N(C)C(=O)[C@H](C)CC(=O)CCCN(C)C(=O)C[C@@H](C(=O)N2CCCCC2)CC(=O)[C@H](CC(C)C)N(C)C(=O)[C@H](Cc2ccccc2)N(C)C(=O)CN(C)C(=O)[C@H]([C@@H](C)O)NC(=O)[C@H](Cc2ccccc2)N(C)C1=O. The molecule has 10 amide bonds. The molecule has 0 saturated carbocycles. The lowest BCUT2D eigenvalue weighted by Crippen LogP contribution is -2.62. The second-order valence-corrected chi connectivity index (χ2v) is 28.5. The maximum atomic E-state index is 15.2. The Bertz CT molecular complexity index is 2960. The van der Waals surface area contributed by atoms with E-state index in [1.807, 2.05) is 48.5 Å². The molecule has 0 radical (unpaired) electrons. The fourth-order valence-corrected chi connectivity index (χ4v) is 12.7. The number of piperidine rings is 1. The van der Waals surface area contributed by atoms with Gasteiger partial charge in [0, 0.05) is 113 Å². The highest BCUT2D eigenvalue weighted by molar-refractivity contribution is 5.99. The summed E-state index contributed by atoms with van der Waals surface area (Å²) in [4.78, 5) is 187. The number of carbonyl (C=O) groups excluding carboxylic acids is 12. The number of hydrogen-bond donors (Lipinski definition) is 3. The van der Waals surface area contributed by atoms with Crippen molar-refractivity contribution in [1.29, 1.82) is 0 Å². The normalized spacial score (nSPS) is 25.5. The highest BCUT2D eigenvalue weighted by Gasteiger charge is 2.43. The van der Waals surface area contributed by atoms with E-state index in [4.69, 9.17) is 0 Å². The smallest absolute Gasteiger partial charge is 0.248 e. The van der Waals surface area contributed by atoms with Gasteiger partial charge in [0.25, 0.3) is 0 Å². The molecule has 0 bridgehead atoms. The van der Waals surface area contributed by atoms with E-state index in [0.29, 0.717) is 30.6 Å². The van der Waals surface area contributed by atoms with Gasteiger partial charge in [-0.2, -0.15) is 0 Å². The van der Waals surface area contributed by atoms with Crippen molar-refractivity contribution in [3.05, 3.63) is 71.8 Å². The van der Waals surface area contributed by atoms with Gasteiger partial charge in [0.1, 0.15) is 42.0 Å². The van der Waals surface area contributed by atoms with E-state index in [2.05, 4.69) is 10.6 Å². The van der Waals surface area contributed by atoms with Crippen molar-refractivity contribution >= 4 is 70.6 Å². The molecule has 0 aliphatic carbocycles. The molecular weight excluding hydrogens is 1220 g/mol. The van der Waals surface area contributed by atoms with Crippen molar-refractivity contribution < 1.29 is 62.6 Å². The molecule has 96 heavy (non-hydrogen) atoms. The summed E-state index contributed by atoms with van der Waals surface area (Å²) in [6.07, 6.45) is 1.08. The molecular formula is C73H114N10O13. The van der Waals surface area contributed by atoms with E-state index in [1.165, 1.54) is 78.6 Å². The maximum Gasteiger partial charge on any atom is 0.248 e. The number of nitrogens with zero attached hydrogens (tertiary/aromatic N) is 8. The third kappa shape index (κ3) is 23.3. The van der Waals surface area contributed by atoms with Gasteiger partial charge in [-0.3, -0.25) is 57.5 Å². The minimum atomic E-state index is -1.68. The standard InChI is InChI=1S/C73H114N10O13/c1-18-49(8)64-73(96)81(16)58(41-52-29-22-19-23-30-52)67(90)75-65(51(10)84)72(95)77(12)45-63(88)78(13)60(42-53-31-24-20-25-32-53)71(94)79(14)56(37-46(2)3)61(86)43-54(69(92)83-35-26-21-27-36-83)44-62(87)76(11)34-28-33-55(85)40-50(9)68(91)82(17)59(39-48(6)7)70(93)80(15)57(38-47(4)5)66(89)74-64/h19-20,22-25,29-32,46-51,54,56-60,64-65,84H,18,21,26-28,33-45H2,1-17H3,(H,74,89)(H,75,90)/t49-,50+,51+,54-,56-,57-,58-,59-,60-,64-,65-/m0/s1. The summed E-state index contributed by atoms with van der Waals surface area (Å²) in [7, 11) is 10.2. The molecule has 2 heterocycles. The largest absolute Gasteiger partial charge is 0.391 e. The quantitative estimate of drug-likeness (QED) is 0.213. The third-order valence-corrected chi connectivity index (χ3v) is 19.1. The molecule has 0 unspecified atom stereocenters. The average Bonchev–Trinajstić information content (AvgIpc) is 0.832. The van der Waals surface area contributed by atoms with Gasteiger partial charge in [-0.15, -0.1) is 0 Å². The predicted molar refractivity (Wildman–Crippen MR) is 368 cm³/mol. The Kier molecular flexibility index (Phi) is 32.3. The van der Waals surface area contributed by atoms with Crippen LogP contribution in [0.25, 0.3) is 0 Å². The van der Waals surface area contributed by atoms with Crippen LogP contribution in [0.3, 0.4) is 0 Å². The number of benzene rings is 2. The van der Waals surface area contributed by atoms with Crippen molar-refractivity contribution in [2.24, 2.45) is 35.5 Å². The van der Waals surface area contributed by atoms with E-state index in [1.54, 1.807) is 86.5 Å². The van der Waals surface area contributed by atoms with Crippen molar-refractivity contribution in [3.8, 4) is 0 Å². The van der Waals surface area contributed by atoms with Crippen LogP contribution in [0.1, 0.15) is 157 Å². The molecule has 23 nitrogen and oxygen atoms in total. The van der Waals surface area contributed by atoms with Crippen LogP contribution in [-0.2, 0) is 70.4 Å². The molecule has 0 spiro atoms. The van der Waals surface area contributed by atoms with Crippen LogP contribution in [0.15, 0.2) is 60.7 Å². The van der Waals surface area contributed by atoms with Gasteiger partial charge >= 0.3 is 0 Å². The fourth-order valence-electron chi connectivity index (χ4n) is 12.7. The number of rotatable bonds is 14. The second kappa shape index (κ2) is 38.4. The molecule has 2 aromatic rings. The Labute approximate surface area is 571 Å². The van der Waals surface area contributed by atoms with Crippen LogP contribution in [0.5, 0.6) is 0 Å². The summed E-state index contributed by atoms with van der Waals surface area (Å²) in [6.45, 7) is 18.3. The Balaban J connectivity index is 1.87. The summed E-state index contributed by atoms with van der Waals surface area (Å²) in [5.74, 6) is -9.72. The first-order chi connectivity index (χ1) is 45.1. The number of likely N-dealkylation sites (N-methyl/N-ethyl adjacent to an activating group) is 6. The Morgan fingerprint density at radius 2 is 0.958 bits per heavy atom. The summed E-state index contributed by atoms with van der Waals surface area (Å²) >= 11 is 0. The average molecular weight is 1340 g/mol. The van der Waals surface area contributed by atoms with Crippen LogP contribution in [0.4, 0.5) is 0 Å². The van der Waals surface area contributed by atoms with Gasteiger partial charge < -0.3 is 54.9 Å². The van der Waals surface area contributed by atoms with Crippen molar-refractivity contribution in [1.82, 2.24) is 49.8 Å². The topological polar surface area (TPSA) is 275 Å². The van der Waals surface area contributed by atoms with Gasteiger partial charge in [0.2, 0.25) is 59.1 Å². The van der Waals surface area contributed by atoms with Crippen molar-refractivity contribution in [2.75, 3.05) is 75.5 Å². The molecule has 2 aliphatic rings. The zero-order valence-electron chi connectivity index (χ0n) is 60.5. The summed E-state index contributed by atoms with van der Waals surface area (Å²) in [5, 5.41) is 17.0. The van der Waals surface area contributed by atoms with Gasteiger partial charge in [-0.1, -0.05) is 129 Å². The van der Waals surface area contributed by atoms with Gasteiger partial charge in [-0.25, -0.2) is 0 Å². The minimum Gasteiger partial charge on any atom is -0.391 e. The molecule has 23 heteroatoms. The van der Waals surface area contributed by atoms with Crippen LogP contribution in [0.2, 0.25) is 0 Å². The number of ketones is 2. The Morgan fingerprint density at radius 1 is 0.490 bits per heavy atom. The minimum absolute atomic E-state index is 0.00898.